The average Bonchev–Trinajstić information content (AvgIpc) is 2.39. The minimum absolute atomic E-state index is 0.193. The normalized spacial score (nSPS) is 10.9. The van der Waals surface area contributed by atoms with Crippen LogP contribution in [0.15, 0.2) is 18.2 Å². The topological polar surface area (TPSA) is 46.5 Å². The molecule has 1 rings (SSSR count). The number of hydrogen-bond donors (Lipinski definition) is 1. The number of halogens is 1. The van der Waals surface area contributed by atoms with Crippen molar-refractivity contribution in [2.24, 2.45) is 0 Å². The number of carboxylic acids is 1. The summed E-state index contributed by atoms with van der Waals surface area (Å²) in [5.74, 6) is -1.25. The van der Waals surface area contributed by atoms with Gasteiger partial charge in [-0.2, -0.15) is 0 Å². The molecule has 0 atom stereocenters. The van der Waals surface area contributed by atoms with Crippen LogP contribution in [-0.4, -0.2) is 18.2 Å². The van der Waals surface area contributed by atoms with Crippen molar-refractivity contribution in [2.45, 2.75) is 32.6 Å². The zero-order chi connectivity index (χ0) is 14.3. The highest BCUT2D eigenvalue weighted by atomic mass is 19.1. The van der Waals surface area contributed by atoms with Crippen molar-refractivity contribution in [3.63, 3.8) is 0 Å². The van der Waals surface area contributed by atoms with E-state index < -0.39 is 11.8 Å². The second-order valence-corrected chi connectivity index (χ2v) is 4.28. The number of hydrogen-bond acceptors (Lipinski definition) is 2. The molecule has 104 valence electrons. The smallest absolute Gasteiger partial charge is 0.328 e. The van der Waals surface area contributed by atoms with Crippen molar-refractivity contribution in [2.75, 3.05) is 7.11 Å². The van der Waals surface area contributed by atoms with E-state index in [2.05, 4.69) is 6.92 Å². The summed E-state index contributed by atoms with van der Waals surface area (Å²) in [7, 11) is 1.42. The molecule has 0 amide bonds. The van der Waals surface area contributed by atoms with Gasteiger partial charge >= 0.3 is 5.97 Å². The Hall–Kier alpha value is -1.84. The van der Waals surface area contributed by atoms with Gasteiger partial charge < -0.3 is 9.84 Å². The van der Waals surface area contributed by atoms with Crippen LogP contribution in [0.25, 0.3) is 6.08 Å². The number of carboxylic acid groups (broad SMARTS) is 1. The lowest BCUT2D eigenvalue weighted by Crippen LogP contribution is -1.99. The highest BCUT2D eigenvalue weighted by Gasteiger charge is 2.12. The number of aliphatic carboxylic acids is 1. The first kappa shape index (κ1) is 15.2. The maximum Gasteiger partial charge on any atom is 0.328 e. The standard InChI is InChI=1S/C15H19FO3/c1-3-4-5-6-12-11(8-10-14(17)18)7-9-13(19-2)15(12)16/h7-10H,3-6H2,1-2H3,(H,17,18)/b10-8+. The molecule has 0 bridgehead atoms. The fraction of sp³-hybridized carbons (Fsp3) is 0.400. The Morgan fingerprint density at radius 1 is 1.42 bits per heavy atom. The van der Waals surface area contributed by atoms with Crippen molar-refractivity contribution in [3.8, 4) is 5.75 Å². The van der Waals surface area contributed by atoms with E-state index >= 15 is 0 Å². The third-order valence-corrected chi connectivity index (χ3v) is 2.90. The van der Waals surface area contributed by atoms with Crippen LogP contribution in [0.1, 0.15) is 37.3 Å². The number of ether oxygens (including phenoxy) is 1. The van der Waals surface area contributed by atoms with E-state index in [1.165, 1.54) is 19.3 Å². The lowest BCUT2D eigenvalue weighted by atomic mass is 9.99. The van der Waals surface area contributed by atoms with Crippen LogP contribution in [0.2, 0.25) is 0 Å². The first-order chi connectivity index (χ1) is 9.10. The first-order valence-electron chi connectivity index (χ1n) is 6.36. The number of unbranched alkanes of at least 4 members (excludes halogenated alkanes) is 2. The number of benzene rings is 1. The molecule has 1 N–H and O–H groups in total. The Morgan fingerprint density at radius 2 is 2.16 bits per heavy atom. The Kier molecular flexibility index (Phi) is 6.06. The summed E-state index contributed by atoms with van der Waals surface area (Å²) in [6.07, 6.45) is 5.95. The van der Waals surface area contributed by atoms with E-state index in [9.17, 15) is 9.18 Å². The van der Waals surface area contributed by atoms with E-state index in [1.807, 2.05) is 0 Å². The van der Waals surface area contributed by atoms with E-state index in [-0.39, 0.29) is 5.75 Å². The lowest BCUT2D eigenvalue weighted by molar-refractivity contribution is -0.131. The molecule has 0 aliphatic rings. The van der Waals surface area contributed by atoms with Gasteiger partial charge in [0.25, 0.3) is 0 Å². The van der Waals surface area contributed by atoms with Crippen LogP contribution in [-0.2, 0) is 11.2 Å². The summed E-state index contributed by atoms with van der Waals surface area (Å²) in [5, 5.41) is 8.64. The van der Waals surface area contributed by atoms with Gasteiger partial charge in [0, 0.05) is 6.08 Å². The van der Waals surface area contributed by atoms with Crippen molar-refractivity contribution < 1.29 is 19.0 Å². The van der Waals surface area contributed by atoms with E-state index in [1.54, 1.807) is 6.07 Å². The van der Waals surface area contributed by atoms with Gasteiger partial charge in [-0.05, 0) is 36.1 Å². The van der Waals surface area contributed by atoms with Crippen LogP contribution in [0.5, 0.6) is 5.75 Å². The average molecular weight is 266 g/mol. The molecule has 0 aliphatic carbocycles. The summed E-state index contributed by atoms with van der Waals surface area (Å²) in [6, 6.07) is 3.20. The molecule has 0 aromatic heterocycles. The Morgan fingerprint density at radius 3 is 2.74 bits per heavy atom. The largest absolute Gasteiger partial charge is 0.494 e. The molecule has 4 heteroatoms. The van der Waals surface area contributed by atoms with Gasteiger partial charge in [-0.15, -0.1) is 0 Å². The summed E-state index contributed by atoms with van der Waals surface area (Å²) >= 11 is 0. The zero-order valence-electron chi connectivity index (χ0n) is 11.3. The minimum atomic E-state index is -1.05. The fourth-order valence-electron chi connectivity index (χ4n) is 1.90. The molecule has 1 aromatic carbocycles. The predicted molar refractivity (Wildman–Crippen MR) is 72.9 cm³/mol. The molecular weight excluding hydrogens is 247 g/mol. The summed E-state index contributed by atoms with van der Waals surface area (Å²) in [5.41, 5.74) is 1.11. The highest BCUT2D eigenvalue weighted by molar-refractivity contribution is 5.85. The van der Waals surface area contributed by atoms with Gasteiger partial charge in [-0.3, -0.25) is 0 Å². The monoisotopic (exact) mass is 266 g/mol. The molecule has 3 nitrogen and oxygen atoms in total. The molecule has 0 unspecified atom stereocenters. The van der Waals surface area contributed by atoms with E-state index in [4.69, 9.17) is 9.84 Å². The second-order valence-electron chi connectivity index (χ2n) is 4.28. The van der Waals surface area contributed by atoms with Gasteiger partial charge in [0.1, 0.15) is 0 Å². The van der Waals surface area contributed by atoms with Crippen LogP contribution < -0.4 is 4.74 Å². The lowest BCUT2D eigenvalue weighted by Gasteiger charge is -2.11. The number of rotatable bonds is 7. The van der Waals surface area contributed by atoms with E-state index in [0.29, 0.717) is 17.5 Å². The second kappa shape index (κ2) is 7.56. The minimum Gasteiger partial charge on any atom is -0.494 e. The van der Waals surface area contributed by atoms with Gasteiger partial charge in [0.05, 0.1) is 7.11 Å². The third-order valence-electron chi connectivity index (χ3n) is 2.90. The molecule has 0 aliphatic heterocycles. The summed E-state index contributed by atoms with van der Waals surface area (Å²) in [6.45, 7) is 2.08. The Bertz CT molecular complexity index is 467. The van der Waals surface area contributed by atoms with Crippen molar-refractivity contribution in [1.82, 2.24) is 0 Å². The predicted octanol–water partition coefficient (Wildman–Crippen LogP) is 3.66. The Labute approximate surface area is 112 Å². The molecule has 0 radical (unpaired) electrons. The quantitative estimate of drug-likeness (QED) is 0.605. The molecular formula is C15H19FO3. The maximum absolute atomic E-state index is 14.2. The molecule has 0 saturated carbocycles. The fourth-order valence-corrected chi connectivity index (χ4v) is 1.90. The maximum atomic E-state index is 14.2. The van der Waals surface area contributed by atoms with Crippen molar-refractivity contribution >= 4 is 12.0 Å². The molecule has 1 aromatic rings. The first-order valence-corrected chi connectivity index (χ1v) is 6.36. The molecule has 19 heavy (non-hydrogen) atoms. The molecule has 0 fully saturated rings. The third kappa shape index (κ3) is 4.39. The number of methoxy groups -OCH3 is 1. The SMILES string of the molecule is CCCCCc1c(/C=C/C(=O)O)ccc(OC)c1F. The molecule has 0 saturated heterocycles. The van der Waals surface area contributed by atoms with Crippen LogP contribution in [0.4, 0.5) is 4.39 Å². The van der Waals surface area contributed by atoms with Crippen molar-refractivity contribution in [3.05, 3.63) is 35.2 Å². The van der Waals surface area contributed by atoms with Crippen LogP contribution in [0.3, 0.4) is 0 Å². The van der Waals surface area contributed by atoms with Gasteiger partial charge in [0.15, 0.2) is 11.6 Å². The highest BCUT2D eigenvalue weighted by Crippen LogP contribution is 2.26. The van der Waals surface area contributed by atoms with Crippen molar-refractivity contribution in [1.29, 1.82) is 0 Å². The zero-order valence-corrected chi connectivity index (χ0v) is 11.3. The van der Waals surface area contributed by atoms with Gasteiger partial charge in [-0.1, -0.05) is 25.8 Å². The van der Waals surface area contributed by atoms with Crippen LogP contribution in [0, 0.1) is 5.82 Å². The van der Waals surface area contributed by atoms with Crippen LogP contribution >= 0.6 is 0 Å². The summed E-state index contributed by atoms with van der Waals surface area (Å²) in [4.78, 5) is 10.5. The van der Waals surface area contributed by atoms with E-state index in [0.717, 1.165) is 25.3 Å². The molecule has 0 spiro atoms. The Balaban J connectivity index is 3.07. The molecule has 0 heterocycles. The van der Waals surface area contributed by atoms with Gasteiger partial charge in [0.2, 0.25) is 0 Å². The van der Waals surface area contributed by atoms with Gasteiger partial charge in [-0.25, -0.2) is 9.18 Å². The summed E-state index contributed by atoms with van der Waals surface area (Å²) < 4.78 is 19.1. The number of carbonyl (C=O) groups is 1.